The van der Waals surface area contributed by atoms with Crippen LogP contribution < -0.4 is 10.6 Å². The fraction of sp³-hybridized carbons (Fsp3) is 0.500. The smallest absolute Gasteiger partial charge is 0.234 e. The predicted molar refractivity (Wildman–Crippen MR) is 68.7 cm³/mol. The maximum Gasteiger partial charge on any atom is 0.234 e. The number of carbonyl (C=O) groups is 1. The highest BCUT2D eigenvalue weighted by Crippen LogP contribution is 2.17. The van der Waals surface area contributed by atoms with E-state index in [1.165, 1.54) is 24.0 Å². The van der Waals surface area contributed by atoms with Crippen molar-refractivity contribution in [3.8, 4) is 0 Å². The number of rotatable bonds is 6. The molecule has 0 saturated heterocycles. The third kappa shape index (κ3) is 3.86. The third-order valence-corrected chi connectivity index (χ3v) is 3.10. The molecule has 1 aliphatic carbocycles. The van der Waals surface area contributed by atoms with Crippen LogP contribution in [0.15, 0.2) is 24.3 Å². The molecule has 1 aromatic carbocycles. The van der Waals surface area contributed by atoms with Gasteiger partial charge in [-0.1, -0.05) is 31.2 Å². The van der Waals surface area contributed by atoms with Crippen LogP contribution in [0.25, 0.3) is 0 Å². The maximum atomic E-state index is 11.6. The Morgan fingerprint density at radius 1 is 1.29 bits per heavy atom. The van der Waals surface area contributed by atoms with Crippen LogP contribution in [-0.2, 0) is 17.8 Å². The van der Waals surface area contributed by atoms with E-state index < -0.39 is 0 Å². The molecule has 2 N–H and O–H groups in total. The van der Waals surface area contributed by atoms with Crippen LogP contribution in [0.5, 0.6) is 0 Å². The van der Waals surface area contributed by atoms with Gasteiger partial charge in [-0.15, -0.1) is 0 Å². The average molecular weight is 232 g/mol. The van der Waals surface area contributed by atoms with Gasteiger partial charge in [-0.25, -0.2) is 0 Å². The van der Waals surface area contributed by atoms with Crippen LogP contribution in [0.3, 0.4) is 0 Å². The number of carbonyl (C=O) groups excluding carboxylic acids is 1. The van der Waals surface area contributed by atoms with Gasteiger partial charge in [0.2, 0.25) is 5.91 Å². The van der Waals surface area contributed by atoms with Gasteiger partial charge in [0, 0.05) is 12.6 Å². The molecular weight excluding hydrogens is 212 g/mol. The summed E-state index contributed by atoms with van der Waals surface area (Å²) >= 11 is 0. The first-order valence-electron chi connectivity index (χ1n) is 6.36. The Hall–Kier alpha value is -1.35. The number of amides is 1. The molecule has 1 aromatic rings. The second-order valence-corrected chi connectivity index (χ2v) is 4.55. The average Bonchev–Trinajstić information content (AvgIpc) is 3.18. The summed E-state index contributed by atoms with van der Waals surface area (Å²) in [5.41, 5.74) is 2.53. The zero-order chi connectivity index (χ0) is 12.1. The number of benzene rings is 1. The highest BCUT2D eigenvalue weighted by atomic mass is 16.1. The van der Waals surface area contributed by atoms with Crippen molar-refractivity contribution in [2.75, 3.05) is 6.54 Å². The van der Waals surface area contributed by atoms with Gasteiger partial charge in [0.15, 0.2) is 0 Å². The Kier molecular flexibility index (Phi) is 4.15. The topological polar surface area (TPSA) is 41.1 Å². The lowest BCUT2D eigenvalue weighted by Crippen LogP contribution is -2.34. The molecule has 0 heterocycles. The van der Waals surface area contributed by atoms with E-state index in [4.69, 9.17) is 0 Å². The highest BCUT2D eigenvalue weighted by molar-refractivity contribution is 5.78. The van der Waals surface area contributed by atoms with E-state index >= 15 is 0 Å². The molecule has 0 bridgehead atoms. The SMILES string of the molecule is CCc1ccccc1CNC(=O)CNC1CC1. The first-order valence-corrected chi connectivity index (χ1v) is 6.36. The molecule has 3 nitrogen and oxygen atoms in total. The quantitative estimate of drug-likeness (QED) is 0.782. The molecule has 1 saturated carbocycles. The molecule has 0 aromatic heterocycles. The number of hydrogen-bond acceptors (Lipinski definition) is 2. The molecule has 0 aliphatic heterocycles. The van der Waals surface area contributed by atoms with Gasteiger partial charge in [-0.2, -0.15) is 0 Å². The molecule has 0 atom stereocenters. The van der Waals surface area contributed by atoms with Gasteiger partial charge in [0.1, 0.15) is 0 Å². The van der Waals surface area contributed by atoms with Crippen molar-refractivity contribution in [1.29, 1.82) is 0 Å². The van der Waals surface area contributed by atoms with Crippen LogP contribution >= 0.6 is 0 Å². The molecule has 0 unspecified atom stereocenters. The first-order chi connectivity index (χ1) is 8.29. The largest absolute Gasteiger partial charge is 0.351 e. The highest BCUT2D eigenvalue weighted by Gasteiger charge is 2.20. The predicted octanol–water partition coefficient (Wildman–Crippen LogP) is 1.62. The van der Waals surface area contributed by atoms with Crippen molar-refractivity contribution < 1.29 is 4.79 Å². The lowest BCUT2D eigenvalue weighted by molar-refractivity contribution is -0.120. The molecular formula is C14H20N2O. The fourth-order valence-electron chi connectivity index (χ4n) is 1.86. The number of aryl methyl sites for hydroxylation is 1. The normalized spacial score (nSPS) is 14.6. The minimum Gasteiger partial charge on any atom is -0.351 e. The monoisotopic (exact) mass is 232 g/mol. The molecule has 1 aliphatic rings. The van der Waals surface area contributed by atoms with E-state index in [2.05, 4.69) is 29.7 Å². The zero-order valence-corrected chi connectivity index (χ0v) is 10.3. The first kappa shape index (κ1) is 12.1. The van der Waals surface area contributed by atoms with Crippen molar-refractivity contribution in [1.82, 2.24) is 10.6 Å². The fourth-order valence-corrected chi connectivity index (χ4v) is 1.86. The van der Waals surface area contributed by atoms with Gasteiger partial charge in [-0.05, 0) is 30.4 Å². The van der Waals surface area contributed by atoms with Crippen molar-refractivity contribution in [3.63, 3.8) is 0 Å². The molecule has 92 valence electrons. The molecule has 0 spiro atoms. The summed E-state index contributed by atoms with van der Waals surface area (Å²) in [6.45, 7) is 3.21. The van der Waals surface area contributed by atoms with Crippen LogP contribution in [-0.4, -0.2) is 18.5 Å². The van der Waals surface area contributed by atoms with E-state index in [9.17, 15) is 4.79 Å². The minimum absolute atomic E-state index is 0.0859. The summed E-state index contributed by atoms with van der Waals surface area (Å²) in [5, 5.41) is 6.16. The van der Waals surface area contributed by atoms with E-state index in [0.29, 0.717) is 19.1 Å². The Labute approximate surface area is 103 Å². The van der Waals surface area contributed by atoms with E-state index in [-0.39, 0.29) is 5.91 Å². The summed E-state index contributed by atoms with van der Waals surface area (Å²) < 4.78 is 0. The number of hydrogen-bond donors (Lipinski definition) is 2. The minimum atomic E-state index is 0.0859. The van der Waals surface area contributed by atoms with Crippen molar-refractivity contribution in [2.45, 2.75) is 38.8 Å². The Bertz CT molecular complexity index is 386. The molecule has 1 amide bonds. The molecule has 0 radical (unpaired) electrons. The lowest BCUT2D eigenvalue weighted by atomic mass is 10.1. The van der Waals surface area contributed by atoms with E-state index in [1.807, 2.05) is 12.1 Å². The van der Waals surface area contributed by atoms with Crippen LogP contribution in [0.2, 0.25) is 0 Å². The van der Waals surface area contributed by atoms with Crippen molar-refractivity contribution in [3.05, 3.63) is 35.4 Å². The van der Waals surface area contributed by atoms with E-state index in [1.54, 1.807) is 0 Å². The summed E-state index contributed by atoms with van der Waals surface area (Å²) in [7, 11) is 0. The summed E-state index contributed by atoms with van der Waals surface area (Å²) in [6, 6.07) is 8.84. The zero-order valence-electron chi connectivity index (χ0n) is 10.3. The van der Waals surface area contributed by atoms with Gasteiger partial charge >= 0.3 is 0 Å². The Morgan fingerprint density at radius 3 is 2.65 bits per heavy atom. The Morgan fingerprint density at radius 2 is 2.00 bits per heavy atom. The van der Waals surface area contributed by atoms with Crippen molar-refractivity contribution >= 4 is 5.91 Å². The molecule has 3 heteroatoms. The van der Waals surface area contributed by atoms with Gasteiger partial charge < -0.3 is 10.6 Å². The second kappa shape index (κ2) is 5.82. The van der Waals surface area contributed by atoms with Gasteiger partial charge in [0.25, 0.3) is 0 Å². The van der Waals surface area contributed by atoms with Gasteiger partial charge in [0.05, 0.1) is 6.54 Å². The third-order valence-electron chi connectivity index (χ3n) is 3.10. The van der Waals surface area contributed by atoms with E-state index in [0.717, 1.165) is 6.42 Å². The standard InChI is InChI=1S/C14H20N2O/c1-2-11-5-3-4-6-12(11)9-16-14(17)10-15-13-7-8-13/h3-6,13,15H,2,7-10H2,1H3,(H,16,17). The lowest BCUT2D eigenvalue weighted by Gasteiger charge is -2.09. The van der Waals surface area contributed by atoms with Crippen LogP contribution in [0.4, 0.5) is 0 Å². The summed E-state index contributed by atoms with van der Waals surface area (Å²) in [6.07, 6.45) is 3.43. The molecule has 1 fully saturated rings. The van der Waals surface area contributed by atoms with Crippen molar-refractivity contribution in [2.24, 2.45) is 0 Å². The number of nitrogens with one attached hydrogen (secondary N) is 2. The molecule has 17 heavy (non-hydrogen) atoms. The second-order valence-electron chi connectivity index (χ2n) is 4.55. The van der Waals surface area contributed by atoms with Crippen LogP contribution in [0, 0.1) is 0 Å². The summed E-state index contributed by atoms with van der Waals surface area (Å²) in [5.74, 6) is 0.0859. The van der Waals surface area contributed by atoms with Gasteiger partial charge in [-0.3, -0.25) is 4.79 Å². The van der Waals surface area contributed by atoms with Crippen LogP contribution in [0.1, 0.15) is 30.9 Å². The molecule has 2 rings (SSSR count). The Balaban J connectivity index is 1.77. The summed E-state index contributed by atoms with van der Waals surface area (Å²) in [4.78, 5) is 11.6. The maximum absolute atomic E-state index is 11.6.